The van der Waals surface area contributed by atoms with Crippen LogP contribution >= 0.6 is 11.3 Å². The fraction of sp³-hybridized carbons (Fsp3) is 0.0833. The second-order valence-corrected chi connectivity index (χ2v) is 4.05. The maximum absolute atomic E-state index is 11.2. The highest BCUT2D eigenvalue weighted by atomic mass is 32.1. The number of amides is 1. The average Bonchev–Trinajstić information content (AvgIpc) is 2.69. The zero-order chi connectivity index (χ0) is 12.0. The average molecular weight is 235 g/mol. The Balaban J connectivity index is 3.37. The standard InChI is InChI=1S/C12H13NO2S/c1-3-5-7-9-8-11(12(14)13-15)16-10(9)6-4-2/h3-8,15H,2H2,1H3,(H,13,14)/b5-3-,9-7-,10-6+. The smallest absolute Gasteiger partial charge is 0.284 e. The molecule has 0 fully saturated rings. The number of carbonyl (C=O) groups excluding carboxylic acids is 1. The van der Waals surface area contributed by atoms with E-state index in [4.69, 9.17) is 5.21 Å². The van der Waals surface area contributed by atoms with Crippen molar-refractivity contribution in [1.82, 2.24) is 5.48 Å². The predicted molar refractivity (Wildman–Crippen MR) is 66.8 cm³/mol. The predicted octanol–water partition coefficient (Wildman–Crippen LogP) is 1.19. The molecule has 1 amide bonds. The highest BCUT2D eigenvalue weighted by Crippen LogP contribution is 1.99. The third-order valence-electron chi connectivity index (χ3n) is 1.85. The van der Waals surface area contributed by atoms with Crippen LogP contribution in [0.2, 0.25) is 0 Å². The molecule has 16 heavy (non-hydrogen) atoms. The second kappa shape index (κ2) is 6.05. The number of hydrogen-bond donors (Lipinski definition) is 2. The Kier molecular flexibility index (Phi) is 4.69. The molecule has 1 aromatic rings. The van der Waals surface area contributed by atoms with E-state index in [-0.39, 0.29) is 0 Å². The van der Waals surface area contributed by atoms with Gasteiger partial charge in [-0.15, -0.1) is 11.3 Å². The Labute approximate surface area is 97.7 Å². The first kappa shape index (κ1) is 12.4. The van der Waals surface area contributed by atoms with Crippen molar-refractivity contribution in [3.05, 3.63) is 45.5 Å². The molecular formula is C12H13NO2S. The van der Waals surface area contributed by atoms with E-state index in [1.165, 1.54) is 11.3 Å². The van der Waals surface area contributed by atoms with Crippen molar-refractivity contribution in [2.24, 2.45) is 0 Å². The van der Waals surface area contributed by atoms with Crippen LogP contribution in [-0.4, -0.2) is 11.1 Å². The molecule has 0 radical (unpaired) electrons. The van der Waals surface area contributed by atoms with E-state index in [0.717, 1.165) is 9.75 Å². The van der Waals surface area contributed by atoms with Crippen LogP contribution in [0.25, 0.3) is 12.2 Å². The van der Waals surface area contributed by atoms with E-state index in [2.05, 4.69) is 6.58 Å². The fourth-order valence-electron chi connectivity index (χ4n) is 1.15. The minimum atomic E-state index is -0.496. The molecule has 0 spiro atoms. The molecule has 0 saturated heterocycles. The van der Waals surface area contributed by atoms with Crippen molar-refractivity contribution in [3.63, 3.8) is 0 Å². The molecule has 0 aliphatic heterocycles. The summed E-state index contributed by atoms with van der Waals surface area (Å²) >= 11 is 1.30. The van der Waals surface area contributed by atoms with Gasteiger partial charge in [-0.2, -0.15) is 0 Å². The molecule has 1 aromatic heterocycles. The number of nitrogens with one attached hydrogen (secondary N) is 1. The van der Waals surface area contributed by atoms with Crippen LogP contribution in [0.1, 0.15) is 16.6 Å². The van der Waals surface area contributed by atoms with Gasteiger partial charge in [-0.3, -0.25) is 10.0 Å². The highest BCUT2D eigenvalue weighted by molar-refractivity contribution is 7.12. The van der Waals surface area contributed by atoms with Gasteiger partial charge in [-0.1, -0.05) is 30.9 Å². The summed E-state index contributed by atoms with van der Waals surface area (Å²) in [6.07, 6.45) is 9.19. The monoisotopic (exact) mass is 235 g/mol. The van der Waals surface area contributed by atoms with E-state index < -0.39 is 5.91 Å². The maximum atomic E-state index is 11.2. The molecular weight excluding hydrogens is 222 g/mol. The summed E-state index contributed by atoms with van der Waals surface area (Å²) in [5.74, 6) is -0.496. The summed E-state index contributed by atoms with van der Waals surface area (Å²) in [5.41, 5.74) is 1.62. The highest BCUT2D eigenvalue weighted by Gasteiger charge is 2.06. The lowest BCUT2D eigenvalue weighted by atomic mass is 10.3. The van der Waals surface area contributed by atoms with E-state index in [9.17, 15) is 4.79 Å². The Morgan fingerprint density at radius 1 is 1.56 bits per heavy atom. The molecule has 1 rings (SSSR count). The zero-order valence-corrected chi connectivity index (χ0v) is 9.75. The van der Waals surface area contributed by atoms with Gasteiger partial charge >= 0.3 is 0 Å². The zero-order valence-electron chi connectivity index (χ0n) is 8.93. The van der Waals surface area contributed by atoms with Gasteiger partial charge in [0.1, 0.15) is 0 Å². The van der Waals surface area contributed by atoms with Crippen LogP contribution in [0.3, 0.4) is 0 Å². The summed E-state index contributed by atoms with van der Waals surface area (Å²) in [6.45, 7) is 5.54. The third kappa shape index (κ3) is 2.92. The summed E-state index contributed by atoms with van der Waals surface area (Å²) < 4.78 is 0.937. The summed E-state index contributed by atoms with van der Waals surface area (Å²) in [6, 6.07) is 1.73. The number of hydroxylamine groups is 1. The van der Waals surface area contributed by atoms with Crippen LogP contribution in [0.15, 0.2) is 30.9 Å². The van der Waals surface area contributed by atoms with Gasteiger partial charge in [0.15, 0.2) is 0 Å². The molecule has 0 aliphatic rings. The molecule has 3 nitrogen and oxygen atoms in total. The number of thiophene rings is 1. The Morgan fingerprint density at radius 2 is 2.31 bits per heavy atom. The van der Waals surface area contributed by atoms with E-state index in [1.807, 2.05) is 31.2 Å². The summed E-state index contributed by atoms with van der Waals surface area (Å²) in [7, 11) is 0. The van der Waals surface area contributed by atoms with Gasteiger partial charge in [0, 0.05) is 4.53 Å². The van der Waals surface area contributed by atoms with Crippen LogP contribution in [-0.2, 0) is 0 Å². The Morgan fingerprint density at radius 3 is 2.88 bits per heavy atom. The first-order valence-electron chi connectivity index (χ1n) is 4.73. The summed E-state index contributed by atoms with van der Waals surface area (Å²) in [5, 5.41) is 9.48. The molecule has 0 saturated carbocycles. The molecule has 84 valence electrons. The molecule has 0 unspecified atom stereocenters. The van der Waals surface area contributed by atoms with Gasteiger partial charge in [0.25, 0.3) is 5.91 Å². The quantitative estimate of drug-likeness (QED) is 0.611. The second-order valence-electron chi connectivity index (χ2n) is 2.97. The number of allylic oxidation sites excluding steroid dienone is 3. The SMILES string of the molecule is C=C/C=c1/sc(C(=O)NO)c/c1=C/C=C\C. The van der Waals surface area contributed by atoms with Gasteiger partial charge in [-0.25, -0.2) is 5.48 Å². The normalized spacial score (nSPS) is 13.4. The van der Waals surface area contributed by atoms with Gasteiger partial charge in [0.05, 0.1) is 4.88 Å². The van der Waals surface area contributed by atoms with E-state index in [1.54, 1.807) is 17.6 Å². The number of hydrogen-bond acceptors (Lipinski definition) is 3. The number of rotatable bonds is 3. The molecule has 0 aliphatic carbocycles. The van der Waals surface area contributed by atoms with Crippen LogP contribution < -0.4 is 15.2 Å². The van der Waals surface area contributed by atoms with Crippen molar-refractivity contribution in [3.8, 4) is 0 Å². The van der Waals surface area contributed by atoms with Crippen molar-refractivity contribution >= 4 is 29.4 Å². The molecule has 2 N–H and O–H groups in total. The minimum absolute atomic E-state index is 0.464. The van der Waals surface area contributed by atoms with Crippen molar-refractivity contribution < 1.29 is 10.0 Å². The van der Waals surface area contributed by atoms with E-state index in [0.29, 0.717) is 4.88 Å². The van der Waals surface area contributed by atoms with Gasteiger partial charge in [0.2, 0.25) is 0 Å². The topological polar surface area (TPSA) is 49.3 Å². The number of carbonyl (C=O) groups is 1. The van der Waals surface area contributed by atoms with Gasteiger partial charge in [-0.05, 0) is 24.3 Å². The van der Waals surface area contributed by atoms with Gasteiger partial charge < -0.3 is 0 Å². The molecule has 0 atom stereocenters. The van der Waals surface area contributed by atoms with Crippen LogP contribution in [0, 0.1) is 0 Å². The largest absolute Gasteiger partial charge is 0.288 e. The Bertz CT molecular complexity index is 526. The fourth-order valence-corrected chi connectivity index (χ4v) is 2.12. The first-order valence-corrected chi connectivity index (χ1v) is 5.54. The van der Waals surface area contributed by atoms with Crippen LogP contribution in [0.4, 0.5) is 0 Å². The van der Waals surface area contributed by atoms with Crippen molar-refractivity contribution in [2.45, 2.75) is 6.92 Å². The minimum Gasteiger partial charge on any atom is -0.288 e. The maximum Gasteiger partial charge on any atom is 0.284 e. The van der Waals surface area contributed by atoms with Crippen LogP contribution in [0.5, 0.6) is 0 Å². The molecule has 1 heterocycles. The molecule has 0 bridgehead atoms. The Hall–Kier alpha value is -1.65. The van der Waals surface area contributed by atoms with Crippen molar-refractivity contribution in [2.75, 3.05) is 0 Å². The summed E-state index contributed by atoms with van der Waals surface area (Å²) in [4.78, 5) is 11.7. The lowest BCUT2D eigenvalue weighted by Crippen LogP contribution is -2.17. The molecule has 4 heteroatoms. The first-order chi connectivity index (χ1) is 7.72. The van der Waals surface area contributed by atoms with E-state index >= 15 is 0 Å². The molecule has 0 aromatic carbocycles. The third-order valence-corrected chi connectivity index (χ3v) is 2.97. The lowest BCUT2D eigenvalue weighted by Gasteiger charge is -1.89. The van der Waals surface area contributed by atoms with Crippen molar-refractivity contribution in [1.29, 1.82) is 0 Å². The lowest BCUT2D eigenvalue weighted by molar-refractivity contribution is 0.0711.